The Morgan fingerprint density at radius 2 is 1.86 bits per heavy atom. The molecule has 0 heterocycles. The van der Waals surface area contributed by atoms with E-state index in [0.717, 1.165) is 18.4 Å². The number of non-ortho nitro benzene ring substituents is 1. The van der Waals surface area contributed by atoms with Crippen molar-refractivity contribution >= 4 is 11.7 Å². The van der Waals surface area contributed by atoms with Crippen LogP contribution in [-0.2, 0) is 4.79 Å². The lowest BCUT2D eigenvalue weighted by molar-refractivity contribution is -0.384. The molecule has 1 atom stereocenters. The highest BCUT2D eigenvalue weighted by Crippen LogP contribution is 2.26. The molecule has 1 aromatic rings. The van der Waals surface area contributed by atoms with Gasteiger partial charge in [0.25, 0.3) is 5.69 Å². The van der Waals surface area contributed by atoms with Gasteiger partial charge in [-0.3, -0.25) is 14.9 Å². The van der Waals surface area contributed by atoms with Crippen molar-refractivity contribution in [2.75, 3.05) is 0 Å². The Labute approximate surface area is 123 Å². The van der Waals surface area contributed by atoms with Gasteiger partial charge in [-0.2, -0.15) is 0 Å². The normalized spacial score (nSPS) is 23.5. The van der Waals surface area contributed by atoms with E-state index in [2.05, 4.69) is 5.32 Å². The van der Waals surface area contributed by atoms with Crippen molar-refractivity contribution in [2.45, 2.75) is 44.7 Å². The van der Waals surface area contributed by atoms with Gasteiger partial charge in [-0.15, -0.1) is 0 Å². The summed E-state index contributed by atoms with van der Waals surface area (Å²) in [6.45, 7) is 2.02. The molecule has 1 unspecified atom stereocenters. The SMILES string of the molecule is CC(NC1CCC(C(=O)O)CC1)c1ccc([N+](=O)[O-])cc1. The highest BCUT2D eigenvalue weighted by atomic mass is 16.6. The molecule has 0 aliphatic heterocycles. The molecule has 1 aromatic carbocycles. The zero-order valence-corrected chi connectivity index (χ0v) is 12.0. The van der Waals surface area contributed by atoms with Crippen LogP contribution in [0.25, 0.3) is 0 Å². The van der Waals surface area contributed by atoms with Gasteiger partial charge in [-0.25, -0.2) is 0 Å². The maximum absolute atomic E-state index is 10.9. The van der Waals surface area contributed by atoms with Crippen LogP contribution in [0.1, 0.15) is 44.2 Å². The summed E-state index contributed by atoms with van der Waals surface area (Å²) in [4.78, 5) is 21.1. The van der Waals surface area contributed by atoms with E-state index in [4.69, 9.17) is 5.11 Å². The number of nitro benzene ring substituents is 1. The van der Waals surface area contributed by atoms with Gasteiger partial charge in [-0.05, 0) is 38.2 Å². The third-order valence-corrected chi connectivity index (χ3v) is 4.17. The Hall–Kier alpha value is -1.95. The number of nitrogens with zero attached hydrogens (tertiary/aromatic N) is 1. The third kappa shape index (κ3) is 4.01. The quantitative estimate of drug-likeness (QED) is 0.643. The molecule has 114 valence electrons. The molecule has 21 heavy (non-hydrogen) atoms. The molecule has 0 bridgehead atoms. The monoisotopic (exact) mass is 292 g/mol. The molecule has 0 amide bonds. The summed E-state index contributed by atoms with van der Waals surface area (Å²) in [7, 11) is 0. The largest absolute Gasteiger partial charge is 0.481 e. The number of benzene rings is 1. The lowest BCUT2D eigenvalue weighted by atomic mass is 9.85. The van der Waals surface area contributed by atoms with Crippen molar-refractivity contribution in [2.24, 2.45) is 5.92 Å². The number of carbonyl (C=O) groups is 1. The average molecular weight is 292 g/mol. The lowest BCUT2D eigenvalue weighted by Crippen LogP contribution is -2.36. The van der Waals surface area contributed by atoms with Crippen LogP contribution in [0.5, 0.6) is 0 Å². The molecule has 0 radical (unpaired) electrons. The number of nitro groups is 1. The zero-order valence-electron chi connectivity index (χ0n) is 12.0. The standard InChI is InChI=1S/C15H20N2O4/c1-10(11-4-8-14(9-5-11)17(20)21)16-13-6-2-12(3-7-13)15(18)19/h4-5,8-10,12-13,16H,2-3,6-7H2,1H3,(H,18,19). The van der Waals surface area contributed by atoms with E-state index in [1.807, 2.05) is 6.92 Å². The number of carboxylic acids is 1. The Morgan fingerprint density at radius 3 is 2.33 bits per heavy atom. The first-order chi connectivity index (χ1) is 9.97. The second-order valence-corrected chi connectivity index (χ2v) is 5.62. The van der Waals surface area contributed by atoms with Crippen LogP contribution in [-0.4, -0.2) is 22.0 Å². The van der Waals surface area contributed by atoms with E-state index >= 15 is 0 Å². The molecule has 0 spiro atoms. The van der Waals surface area contributed by atoms with Crippen LogP contribution in [0, 0.1) is 16.0 Å². The molecular formula is C15H20N2O4. The van der Waals surface area contributed by atoms with Crippen LogP contribution < -0.4 is 5.32 Å². The molecule has 0 aromatic heterocycles. The van der Waals surface area contributed by atoms with E-state index < -0.39 is 10.9 Å². The Bertz CT molecular complexity index is 507. The number of rotatable bonds is 5. The lowest BCUT2D eigenvalue weighted by Gasteiger charge is -2.29. The minimum atomic E-state index is -0.697. The van der Waals surface area contributed by atoms with Crippen molar-refractivity contribution in [1.82, 2.24) is 5.32 Å². The molecule has 2 rings (SSSR count). The van der Waals surface area contributed by atoms with Gasteiger partial charge in [0, 0.05) is 24.2 Å². The van der Waals surface area contributed by atoms with Crippen molar-refractivity contribution in [3.63, 3.8) is 0 Å². The molecule has 1 aliphatic carbocycles. The van der Waals surface area contributed by atoms with Gasteiger partial charge in [-0.1, -0.05) is 12.1 Å². The second kappa shape index (κ2) is 6.67. The van der Waals surface area contributed by atoms with E-state index in [9.17, 15) is 14.9 Å². The molecule has 1 fully saturated rings. The van der Waals surface area contributed by atoms with Crippen molar-refractivity contribution in [3.8, 4) is 0 Å². The van der Waals surface area contributed by atoms with Gasteiger partial charge < -0.3 is 10.4 Å². The molecule has 6 heteroatoms. The van der Waals surface area contributed by atoms with Crippen LogP contribution in [0.4, 0.5) is 5.69 Å². The first-order valence-corrected chi connectivity index (χ1v) is 7.20. The zero-order chi connectivity index (χ0) is 15.4. The second-order valence-electron chi connectivity index (χ2n) is 5.62. The fourth-order valence-corrected chi connectivity index (χ4v) is 2.84. The van der Waals surface area contributed by atoms with Crippen LogP contribution in [0.15, 0.2) is 24.3 Å². The van der Waals surface area contributed by atoms with Crippen molar-refractivity contribution in [3.05, 3.63) is 39.9 Å². The van der Waals surface area contributed by atoms with E-state index in [-0.39, 0.29) is 17.6 Å². The van der Waals surface area contributed by atoms with Gasteiger partial charge in [0.05, 0.1) is 10.8 Å². The van der Waals surface area contributed by atoms with Gasteiger partial charge >= 0.3 is 5.97 Å². The van der Waals surface area contributed by atoms with Gasteiger partial charge in [0.1, 0.15) is 0 Å². The predicted octanol–water partition coefficient (Wildman–Crippen LogP) is 2.89. The summed E-state index contributed by atoms with van der Waals surface area (Å²) >= 11 is 0. The van der Waals surface area contributed by atoms with Crippen molar-refractivity contribution in [1.29, 1.82) is 0 Å². The van der Waals surface area contributed by atoms with Crippen molar-refractivity contribution < 1.29 is 14.8 Å². The van der Waals surface area contributed by atoms with Crippen LogP contribution >= 0.6 is 0 Å². The van der Waals surface area contributed by atoms with E-state index in [1.165, 1.54) is 12.1 Å². The third-order valence-electron chi connectivity index (χ3n) is 4.17. The highest BCUT2D eigenvalue weighted by molar-refractivity contribution is 5.70. The predicted molar refractivity (Wildman–Crippen MR) is 78.0 cm³/mol. The van der Waals surface area contributed by atoms with E-state index in [0.29, 0.717) is 18.9 Å². The molecular weight excluding hydrogens is 272 g/mol. The number of hydrogen-bond acceptors (Lipinski definition) is 4. The maximum Gasteiger partial charge on any atom is 0.306 e. The Morgan fingerprint density at radius 1 is 1.29 bits per heavy atom. The molecule has 1 saturated carbocycles. The van der Waals surface area contributed by atoms with Gasteiger partial charge in [0.15, 0.2) is 0 Å². The highest BCUT2D eigenvalue weighted by Gasteiger charge is 2.26. The number of carboxylic acid groups (broad SMARTS) is 1. The summed E-state index contributed by atoms with van der Waals surface area (Å²) in [5.41, 5.74) is 1.09. The van der Waals surface area contributed by atoms with Crippen LogP contribution in [0.2, 0.25) is 0 Å². The maximum atomic E-state index is 10.9. The van der Waals surface area contributed by atoms with Gasteiger partial charge in [0.2, 0.25) is 0 Å². The first kappa shape index (κ1) is 15.4. The summed E-state index contributed by atoms with van der Waals surface area (Å²) in [6, 6.07) is 6.95. The fraction of sp³-hybridized carbons (Fsp3) is 0.533. The smallest absolute Gasteiger partial charge is 0.306 e. The Kier molecular flexibility index (Phi) is 4.90. The number of hydrogen-bond donors (Lipinski definition) is 2. The first-order valence-electron chi connectivity index (χ1n) is 7.20. The Balaban J connectivity index is 1.88. The molecule has 0 saturated heterocycles. The molecule has 1 aliphatic rings. The summed E-state index contributed by atoms with van der Waals surface area (Å²) < 4.78 is 0. The minimum absolute atomic E-state index is 0.0907. The summed E-state index contributed by atoms with van der Waals surface area (Å²) in [5.74, 6) is -0.908. The summed E-state index contributed by atoms with van der Waals surface area (Å²) in [6.07, 6.45) is 3.13. The topological polar surface area (TPSA) is 92.5 Å². The molecule has 6 nitrogen and oxygen atoms in total. The van der Waals surface area contributed by atoms with E-state index in [1.54, 1.807) is 12.1 Å². The fourth-order valence-electron chi connectivity index (χ4n) is 2.84. The summed E-state index contributed by atoms with van der Waals surface area (Å²) in [5, 5.41) is 23.1. The minimum Gasteiger partial charge on any atom is -0.481 e. The molecule has 2 N–H and O–H groups in total. The average Bonchev–Trinajstić information content (AvgIpc) is 2.47. The number of nitrogens with one attached hydrogen (secondary N) is 1. The van der Waals surface area contributed by atoms with Crippen LogP contribution in [0.3, 0.4) is 0 Å². The number of aliphatic carboxylic acids is 1.